The van der Waals surface area contributed by atoms with Gasteiger partial charge in [-0.25, -0.2) is 0 Å². The van der Waals surface area contributed by atoms with Crippen LogP contribution in [0.15, 0.2) is 33.8 Å². The van der Waals surface area contributed by atoms with Crippen molar-refractivity contribution in [1.82, 2.24) is 10.3 Å². The van der Waals surface area contributed by atoms with Crippen LogP contribution in [-0.4, -0.2) is 22.4 Å². The Hall–Kier alpha value is -1.07. The van der Waals surface area contributed by atoms with Crippen molar-refractivity contribution in [3.63, 3.8) is 0 Å². The predicted molar refractivity (Wildman–Crippen MR) is 73.8 cm³/mol. The second-order valence-electron chi connectivity index (χ2n) is 4.78. The molecule has 2 aliphatic heterocycles. The normalized spacial score (nSPS) is 27.2. The van der Waals surface area contributed by atoms with Gasteiger partial charge in [0, 0.05) is 23.0 Å². The minimum absolute atomic E-state index is 0.825. The van der Waals surface area contributed by atoms with E-state index in [0.717, 1.165) is 41.7 Å². The van der Waals surface area contributed by atoms with E-state index in [-0.39, 0.29) is 0 Å². The van der Waals surface area contributed by atoms with Crippen LogP contribution in [0.1, 0.15) is 31.2 Å². The van der Waals surface area contributed by atoms with Crippen LogP contribution in [0.5, 0.6) is 0 Å². The number of hydrogen-bond donors (Lipinski definition) is 2. The van der Waals surface area contributed by atoms with Crippen molar-refractivity contribution in [1.29, 1.82) is 0 Å². The third-order valence-corrected chi connectivity index (χ3v) is 4.10. The van der Waals surface area contributed by atoms with E-state index in [2.05, 4.69) is 26.5 Å². The van der Waals surface area contributed by atoms with E-state index in [1.165, 1.54) is 6.42 Å². The summed E-state index contributed by atoms with van der Waals surface area (Å²) in [4.78, 5) is 1.99. The Labute approximate surface area is 115 Å². The van der Waals surface area contributed by atoms with Crippen molar-refractivity contribution in [3.05, 3.63) is 34.3 Å². The highest BCUT2D eigenvalue weighted by molar-refractivity contribution is 9.10. The quantitative estimate of drug-likeness (QED) is 0.837. The summed E-state index contributed by atoms with van der Waals surface area (Å²) in [5, 5.41) is 15.2. The third kappa shape index (κ3) is 1.91. The topological polar surface area (TPSA) is 47.9 Å². The van der Waals surface area contributed by atoms with Gasteiger partial charge in [-0.15, -0.1) is 0 Å². The number of benzene rings is 1. The zero-order valence-electron chi connectivity index (χ0n) is 10.1. The highest BCUT2D eigenvalue weighted by Crippen LogP contribution is 2.31. The number of hydrogen-bond acceptors (Lipinski definition) is 4. The van der Waals surface area contributed by atoms with Gasteiger partial charge in [-0.1, -0.05) is 34.5 Å². The lowest BCUT2D eigenvalue weighted by Gasteiger charge is -2.34. The molecule has 1 fully saturated rings. The van der Waals surface area contributed by atoms with Gasteiger partial charge in [0.2, 0.25) is 0 Å². The Morgan fingerprint density at radius 1 is 1.22 bits per heavy atom. The molecule has 5 heteroatoms. The summed E-state index contributed by atoms with van der Waals surface area (Å²) < 4.78 is 1.00. The molecule has 0 amide bonds. The van der Waals surface area contributed by atoms with Gasteiger partial charge in [-0.3, -0.25) is 5.43 Å². The minimum Gasteiger partial charge on any atom is -0.349 e. The van der Waals surface area contributed by atoms with Crippen LogP contribution >= 0.6 is 15.9 Å². The van der Waals surface area contributed by atoms with Gasteiger partial charge in [0.05, 0.1) is 0 Å². The summed E-state index contributed by atoms with van der Waals surface area (Å²) in [6.45, 7) is 0.846. The summed E-state index contributed by atoms with van der Waals surface area (Å²) in [6, 6.07) is 7.70. The monoisotopic (exact) mass is 309 g/mol. The van der Waals surface area contributed by atoms with E-state index in [4.69, 9.17) is 0 Å². The first-order chi connectivity index (χ1) is 8.70. The van der Waals surface area contributed by atoms with Crippen molar-refractivity contribution in [2.24, 2.45) is 5.10 Å². The Kier molecular flexibility index (Phi) is 3.03. The number of halogens is 1. The molecule has 2 heterocycles. The van der Waals surface area contributed by atoms with Crippen LogP contribution in [0.25, 0.3) is 0 Å². The molecule has 1 aromatic carbocycles. The summed E-state index contributed by atoms with van der Waals surface area (Å²) in [5.41, 5.74) is 3.72. The largest absolute Gasteiger partial charge is 0.349 e. The fourth-order valence-corrected chi connectivity index (χ4v) is 2.83. The van der Waals surface area contributed by atoms with Crippen molar-refractivity contribution in [2.75, 3.05) is 6.54 Å². The van der Waals surface area contributed by atoms with Gasteiger partial charge in [0.25, 0.3) is 5.85 Å². The maximum absolute atomic E-state index is 10.9. The van der Waals surface area contributed by atoms with E-state index in [9.17, 15) is 5.11 Å². The molecule has 4 nitrogen and oxygen atoms in total. The number of rotatable bonds is 1. The fourth-order valence-electron chi connectivity index (χ4n) is 2.56. The van der Waals surface area contributed by atoms with Crippen molar-refractivity contribution >= 4 is 21.8 Å². The molecule has 2 N–H and O–H groups in total. The van der Waals surface area contributed by atoms with Crippen LogP contribution < -0.4 is 5.43 Å². The highest BCUT2D eigenvalue weighted by atomic mass is 79.9. The maximum atomic E-state index is 10.9. The van der Waals surface area contributed by atoms with Crippen LogP contribution in [-0.2, 0) is 5.85 Å². The van der Waals surface area contributed by atoms with E-state index < -0.39 is 5.85 Å². The SMILES string of the molecule is O[C@]1(c2ccc(Br)cc2)NN=C2CCCCCN21. The molecule has 0 bridgehead atoms. The van der Waals surface area contributed by atoms with Gasteiger partial charge in [-0.05, 0) is 25.0 Å². The molecule has 0 aromatic heterocycles. The number of nitrogens with one attached hydrogen (secondary N) is 1. The lowest BCUT2D eigenvalue weighted by Crippen LogP contribution is -2.51. The Bertz CT molecular complexity index is 474. The van der Waals surface area contributed by atoms with E-state index >= 15 is 0 Å². The number of fused-ring (bicyclic) bond motifs is 1. The first-order valence-electron chi connectivity index (χ1n) is 6.30. The summed E-state index contributed by atoms with van der Waals surface area (Å²) in [5.74, 6) is -0.210. The molecule has 3 rings (SSSR count). The minimum atomic E-state index is -1.18. The van der Waals surface area contributed by atoms with E-state index in [1.54, 1.807) is 0 Å². The van der Waals surface area contributed by atoms with Crippen molar-refractivity contribution in [3.8, 4) is 0 Å². The predicted octanol–water partition coefficient (Wildman–Crippen LogP) is 2.34. The zero-order chi connectivity index (χ0) is 12.6. The fraction of sp³-hybridized carbons (Fsp3) is 0.462. The summed E-state index contributed by atoms with van der Waals surface area (Å²) in [6.07, 6.45) is 4.38. The number of nitrogens with zero attached hydrogens (tertiary/aromatic N) is 2. The lowest BCUT2D eigenvalue weighted by atomic mass is 10.1. The average molecular weight is 310 g/mol. The maximum Gasteiger partial charge on any atom is 0.260 e. The Balaban J connectivity index is 1.93. The second kappa shape index (κ2) is 4.55. The molecule has 18 heavy (non-hydrogen) atoms. The van der Waals surface area contributed by atoms with E-state index in [1.807, 2.05) is 29.2 Å². The smallest absolute Gasteiger partial charge is 0.260 e. The molecule has 0 aliphatic carbocycles. The van der Waals surface area contributed by atoms with Gasteiger partial charge < -0.3 is 10.0 Å². The molecule has 0 spiro atoms. The lowest BCUT2D eigenvalue weighted by molar-refractivity contribution is -0.0914. The number of hydrazone groups is 1. The molecular formula is C13H16BrN3O. The van der Waals surface area contributed by atoms with Crippen molar-refractivity contribution in [2.45, 2.75) is 31.5 Å². The van der Waals surface area contributed by atoms with Crippen LogP contribution in [0.3, 0.4) is 0 Å². The van der Waals surface area contributed by atoms with Gasteiger partial charge in [0.1, 0.15) is 5.84 Å². The molecule has 1 saturated heterocycles. The average Bonchev–Trinajstić information content (AvgIpc) is 2.57. The van der Waals surface area contributed by atoms with Crippen LogP contribution in [0.2, 0.25) is 0 Å². The standard InChI is InChI=1S/C13H16BrN3O/c14-11-7-5-10(6-8-11)13(18)16-15-12-4-2-1-3-9-17(12)13/h5-8,16,18H,1-4,9H2/t13-/m1/s1. The van der Waals surface area contributed by atoms with Crippen molar-refractivity contribution < 1.29 is 5.11 Å². The molecule has 1 aromatic rings. The summed E-state index contributed by atoms with van der Waals surface area (Å²) in [7, 11) is 0. The van der Waals surface area contributed by atoms with Gasteiger partial charge >= 0.3 is 0 Å². The zero-order valence-corrected chi connectivity index (χ0v) is 11.7. The van der Waals surface area contributed by atoms with Gasteiger partial charge in [-0.2, -0.15) is 5.10 Å². The van der Waals surface area contributed by atoms with E-state index in [0.29, 0.717) is 0 Å². The first kappa shape index (κ1) is 12.0. The van der Waals surface area contributed by atoms with Gasteiger partial charge in [0.15, 0.2) is 0 Å². The third-order valence-electron chi connectivity index (χ3n) is 3.57. The molecule has 1 atom stereocenters. The second-order valence-corrected chi connectivity index (χ2v) is 5.70. The molecule has 0 saturated carbocycles. The number of amidine groups is 1. The molecule has 0 radical (unpaired) electrons. The highest BCUT2D eigenvalue weighted by Gasteiger charge is 2.42. The molecule has 2 aliphatic rings. The number of aliphatic hydroxyl groups is 1. The molecule has 0 unspecified atom stereocenters. The van der Waals surface area contributed by atoms with Crippen LogP contribution in [0.4, 0.5) is 0 Å². The summed E-state index contributed by atoms with van der Waals surface area (Å²) >= 11 is 3.41. The molecular weight excluding hydrogens is 294 g/mol. The Morgan fingerprint density at radius 3 is 2.78 bits per heavy atom. The molecule has 96 valence electrons. The van der Waals surface area contributed by atoms with Crippen LogP contribution in [0, 0.1) is 0 Å². The Morgan fingerprint density at radius 2 is 2.00 bits per heavy atom. The first-order valence-corrected chi connectivity index (χ1v) is 7.09.